The van der Waals surface area contributed by atoms with Crippen LogP contribution in [-0.4, -0.2) is 68.1 Å². The molecule has 0 aliphatic heterocycles. The second-order valence-electron chi connectivity index (χ2n) is 12.9. The first-order chi connectivity index (χ1) is 28.3. The van der Waals surface area contributed by atoms with Crippen LogP contribution in [0, 0.1) is 0 Å². The number of hydrogen-bond acceptors (Lipinski definition) is 12. The van der Waals surface area contributed by atoms with Crippen LogP contribution in [-0.2, 0) is 30.2 Å². The lowest BCUT2D eigenvalue weighted by Gasteiger charge is -2.11. The SMILES string of the molecule is C=CC(=O)OCCCCOc1ccc(C(=O)OCCc2ccc(OC(=O)c3ccc(OCCCCOC(=O)CC)cc3)c(/C=N/Nc3cc4ccccc4[nH]3)c2)cc1. The topological polar surface area (TPSA) is 164 Å². The molecule has 0 amide bonds. The maximum Gasteiger partial charge on any atom is 0.343 e. The van der Waals surface area contributed by atoms with Crippen LogP contribution in [0.2, 0.25) is 0 Å². The van der Waals surface area contributed by atoms with Gasteiger partial charge in [0.2, 0.25) is 0 Å². The van der Waals surface area contributed by atoms with Crippen molar-refractivity contribution in [1.29, 1.82) is 0 Å². The molecule has 0 saturated carbocycles. The summed E-state index contributed by atoms with van der Waals surface area (Å²) in [6.45, 7) is 6.76. The summed E-state index contributed by atoms with van der Waals surface area (Å²) in [7, 11) is 0. The molecule has 0 atom stereocenters. The number of fused-ring (bicyclic) bond motifs is 1. The van der Waals surface area contributed by atoms with Crippen molar-refractivity contribution >= 4 is 46.8 Å². The van der Waals surface area contributed by atoms with Gasteiger partial charge in [-0.3, -0.25) is 10.2 Å². The predicted molar refractivity (Wildman–Crippen MR) is 220 cm³/mol. The molecule has 13 heteroatoms. The van der Waals surface area contributed by atoms with Gasteiger partial charge in [0.15, 0.2) is 0 Å². The second-order valence-corrected chi connectivity index (χ2v) is 12.9. The minimum atomic E-state index is -0.563. The molecule has 0 bridgehead atoms. The zero-order chi connectivity index (χ0) is 41.0. The summed E-state index contributed by atoms with van der Waals surface area (Å²) < 4.78 is 32.9. The first-order valence-electron chi connectivity index (χ1n) is 19.1. The molecule has 1 aromatic heterocycles. The van der Waals surface area contributed by atoms with Gasteiger partial charge in [-0.25, -0.2) is 14.4 Å². The van der Waals surface area contributed by atoms with Gasteiger partial charge in [0.25, 0.3) is 0 Å². The van der Waals surface area contributed by atoms with E-state index in [1.807, 2.05) is 36.4 Å². The molecule has 58 heavy (non-hydrogen) atoms. The fourth-order valence-corrected chi connectivity index (χ4v) is 5.44. The minimum Gasteiger partial charge on any atom is -0.494 e. The summed E-state index contributed by atoms with van der Waals surface area (Å²) in [5, 5.41) is 5.43. The van der Waals surface area contributed by atoms with E-state index in [2.05, 4.69) is 22.1 Å². The lowest BCUT2D eigenvalue weighted by molar-refractivity contribution is -0.143. The summed E-state index contributed by atoms with van der Waals surface area (Å²) in [4.78, 5) is 51.7. The number of nitrogens with one attached hydrogen (secondary N) is 2. The molecule has 0 spiro atoms. The van der Waals surface area contributed by atoms with Gasteiger partial charge < -0.3 is 33.4 Å². The van der Waals surface area contributed by atoms with Gasteiger partial charge in [0.05, 0.1) is 50.4 Å². The van der Waals surface area contributed by atoms with Gasteiger partial charge >= 0.3 is 23.9 Å². The summed E-state index contributed by atoms with van der Waals surface area (Å²) in [5.41, 5.74) is 6.03. The summed E-state index contributed by atoms with van der Waals surface area (Å²) >= 11 is 0. The zero-order valence-corrected chi connectivity index (χ0v) is 32.4. The number of ether oxygens (including phenoxy) is 6. The molecule has 0 aliphatic rings. The Kier molecular flexibility index (Phi) is 16.5. The molecule has 0 fully saturated rings. The highest BCUT2D eigenvalue weighted by atomic mass is 16.5. The number of rotatable bonds is 23. The van der Waals surface area contributed by atoms with Gasteiger partial charge in [0.1, 0.15) is 23.1 Å². The molecule has 0 radical (unpaired) electrons. The molecular formula is C45H47N3O10. The third-order valence-corrected chi connectivity index (χ3v) is 8.58. The third kappa shape index (κ3) is 13.7. The number of aromatic amines is 1. The van der Waals surface area contributed by atoms with Crippen LogP contribution in [0.15, 0.2) is 115 Å². The van der Waals surface area contributed by atoms with Gasteiger partial charge in [-0.05, 0) is 104 Å². The van der Waals surface area contributed by atoms with Gasteiger partial charge in [-0.2, -0.15) is 5.10 Å². The lowest BCUT2D eigenvalue weighted by atomic mass is 10.1. The minimum absolute atomic E-state index is 0.108. The maximum atomic E-state index is 13.2. The fraction of sp³-hybridized carbons (Fsp3) is 0.267. The number of carbonyl (C=O) groups is 4. The Labute approximate surface area is 336 Å². The molecule has 0 saturated heterocycles. The lowest BCUT2D eigenvalue weighted by Crippen LogP contribution is -2.11. The molecule has 302 valence electrons. The number of anilines is 1. The first kappa shape index (κ1) is 42.3. The molecule has 5 aromatic rings. The van der Waals surface area contributed by atoms with Crippen LogP contribution in [0.25, 0.3) is 10.9 Å². The predicted octanol–water partition coefficient (Wildman–Crippen LogP) is 8.23. The number of hydrazone groups is 1. The smallest absolute Gasteiger partial charge is 0.343 e. The fourth-order valence-electron chi connectivity index (χ4n) is 5.44. The average molecular weight is 790 g/mol. The number of H-pyrrole nitrogens is 1. The van der Waals surface area contributed by atoms with E-state index in [4.69, 9.17) is 28.4 Å². The average Bonchev–Trinajstić information content (AvgIpc) is 3.67. The maximum absolute atomic E-state index is 13.2. The number of esters is 4. The van der Waals surface area contributed by atoms with Crippen molar-refractivity contribution in [3.8, 4) is 17.2 Å². The normalized spacial score (nSPS) is 10.8. The third-order valence-electron chi connectivity index (χ3n) is 8.58. The van der Waals surface area contributed by atoms with Crippen molar-refractivity contribution in [2.45, 2.75) is 45.4 Å². The van der Waals surface area contributed by atoms with Crippen molar-refractivity contribution < 1.29 is 47.6 Å². The Bertz CT molecular complexity index is 2130. The van der Waals surface area contributed by atoms with Crippen molar-refractivity contribution in [3.63, 3.8) is 0 Å². The highest BCUT2D eigenvalue weighted by Gasteiger charge is 2.14. The van der Waals surface area contributed by atoms with E-state index in [-0.39, 0.29) is 18.3 Å². The highest BCUT2D eigenvalue weighted by molar-refractivity contribution is 5.93. The number of unbranched alkanes of at least 4 members (excludes halogenated alkanes) is 2. The monoisotopic (exact) mass is 789 g/mol. The van der Waals surface area contributed by atoms with Crippen LogP contribution >= 0.6 is 0 Å². The Morgan fingerprint density at radius 1 is 0.707 bits per heavy atom. The van der Waals surface area contributed by atoms with Crippen LogP contribution in [0.4, 0.5) is 5.82 Å². The Balaban J connectivity index is 1.15. The number of para-hydroxylation sites is 1. The van der Waals surface area contributed by atoms with Crippen molar-refractivity contribution in [3.05, 3.63) is 132 Å². The van der Waals surface area contributed by atoms with E-state index in [1.165, 1.54) is 0 Å². The number of hydrogen-bond donors (Lipinski definition) is 2. The van der Waals surface area contributed by atoms with Crippen molar-refractivity contribution in [1.82, 2.24) is 4.98 Å². The van der Waals surface area contributed by atoms with Crippen LogP contribution in [0.3, 0.4) is 0 Å². The van der Waals surface area contributed by atoms with Crippen LogP contribution in [0.5, 0.6) is 17.2 Å². The number of carbonyl (C=O) groups excluding carboxylic acids is 4. The summed E-state index contributed by atoms with van der Waals surface area (Å²) in [6.07, 6.45) is 6.19. The number of aromatic nitrogens is 1. The van der Waals surface area contributed by atoms with E-state index in [1.54, 1.807) is 73.8 Å². The molecule has 0 aliphatic carbocycles. The molecule has 1 heterocycles. The standard InChI is InChI=1S/C45H47N3O10/c1-3-42(49)55-26-9-7-24-53-37-18-14-33(15-19-37)44(51)57-28-23-32-13-22-40(36(29-32)31-46-48-41-30-35-11-5-6-12-39(35)47-41)58-45(52)34-16-20-38(21-17-34)54-25-8-10-27-56-43(50)4-2/h3,5-6,11-22,29-31,47-48H,1,4,7-10,23-28H2,2H3/b46-31+. The van der Waals surface area contributed by atoms with E-state index in [9.17, 15) is 19.2 Å². The molecule has 5 rings (SSSR count). The quantitative estimate of drug-likeness (QED) is 0.0125. The summed E-state index contributed by atoms with van der Waals surface area (Å²) in [6, 6.07) is 28.4. The summed E-state index contributed by atoms with van der Waals surface area (Å²) in [5.74, 6) is 0.471. The zero-order valence-electron chi connectivity index (χ0n) is 32.4. The van der Waals surface area contributed by atoms with Crippen molar-refractivity contribution in [2.24, 2.45) is 5.10 Å². The van der Waals surface area contributed by atoms with Crippen LogP contribution in [0.1, 0.15) is 70.9 Å². The van der Waals surface area contributed by atoms with E-state index in [0.29, 0.717) is 99.0 Å². The van der Waals surface area contributed by atoms with E-state index >= 15 is 0 Å². The molecular weight excluding hydrogens is 743 g/mol. The highest BCUT2D eigenvalue weighted by Crippen LogP contribution is 2.23. The molecule has 2 N–H and O–H groups in total. The first-order valence-corrected chi connectivity index (χ1v) is 19.1. The van der Waals surface area contributed by atoms with Gasteiger partial charge in [0, 0.05) is 35.4 Å². The van der Waals surface area contributed by atoms with E-state index in [0.717, 1.165) is 22.5 Å². The molecule has 4 aromatic carbocycles. The van der Waals surface area contributed by atoms with Gasteiger partial charge in [-0.1, -0.05) is 37.8 Å². The molecule has 0 unspecified atom stereocenters. The Morgan fingerprint density at radius 2 is 1.34 bits per heavy atom. The van der Waals surface area contributed by atoms with Gasteiger partial charge in [-0.15, -0.1) is 0 Å². The Morgan fingerprint density at radius 3 is 2.00 bits per heavy atom. The number of benzene rings is 4. The van der Waals surface area contributed by atoms with Crippen LogP contribution < -0.4 is 19.6 Å². The Hall–Kier alpha value is -6.89. The second kappa shape index (κ2) is 22.6. The largest absolute Gasteiger partial charge is 0.494 e. The number of nitrogens with zero attached hydrogens (tertiary/aromatic N) is 1. The van der Waals surface area contributed by atoms with E-state index < -0.39 is 17.9 Å². The van der Waals surface area contributed by atoms with Crippen molar-refractivity contribution in [2.75, 3.05) is 38.5 Å². The molecule has 13 nitrogen and oxygen atoms in total.